The van der Waals surface area contributed by atoms with Gasteiger partial charge in [0.1, 0.15) is 0 Å². The van der Waals surface area contributed by atoms with Gasteiger partial charge in [0, 0.05) is 18.8 Å². The molecule has 1 aliphatic carbocycles. The molecule has 0 saturated heterocycles. The first-order valence-corrected chi connectivity index (χ1v) is 7.58. The number of hydrogen-bond acceptors (Lipinski definition) is 2. The number of nitrogens with one attached hydrogen (secondary N) is 1. The molecule has 114 valence electrons. The molecule has 20 heavy (non-hydrogen) atoms. The number of carbonyl (C=O) groups is 2. The molecule has 1 unspecified atom stereocenters. The normalized spacial score (nSPS) is 17.8. The third-order valence-electron chi connectivity index (χ3n) is 3.94. The van der Waals surface area contributed by atoms with E-state index in [0.717, 1.165) is 25.7 Å². The van der Waals surface area contributed by atoms with Crippen LogP contribution in [0.5, 0.6) is 0 Å². The van der Waals surface area contributed by atoms with Crippen LogP contribution in [0.15, 0.2) is 12.4 Å². The molecule has 1 rings (SSSR count). The van der Waals surface area contributed by atoms with Crippen LogP contribution in [0.3, 0.4) is 0 Å². The molecule has 1 saturated carbocycles. The summed E-state index contributed by atoms with van der Waals surface area (Å²) in [6, 6.07) is -0.407. The van der Waals surface area contributed by atoms with Crippen molar-refractivity contribution in [1.82, 2.24) is 5.32 Å². The number of carbonyl (C=O) groups excluding carboxylic acids is 2. The van der Waals surface area contributed by atoms with E-state index in [0.29, 0.717) is 0 Å². The van der Waals surface area contributed by atoms with Crippen molar-refractivity contribution in [1.29, 1.82) is 0 Å². The molecule has 1 N–H and O–H groups in total. The van der Waals surface area contributed by atoms with Gasteiger partial charge in [-0.3, -0.25) is 9.59 Å². The number of ketones is 1. The monoisotopic (exact) mass is 283 g/mol. The average molecular weight is 283 g/mol. The first kappa shape index (κ1) is 16.9. The van der Waals surface area contributed by atoms with E-state index in [-0.39, 0.29) is 36.4 Å². The minimum absolute atomic E-state index is 0.0269. The van der Waals surface area contributed by atoms with Crippen molar-refractivity contribution in [2.24, 2.45) is 11.8 Å². The quantitative estimate of drug-likeness (QED) is 0.776. The summed E-state index contributed by atoms with van der Waals surface area (Å²) in [5.74, 6) is -0.531. The zero-order valence-corrected chi connectivity index (χ0v) is 12.6. The molecular formula is C16H26FNO2. The van der Waals surface area contributed by atoms with Crippen molar-refractivity contribution < 1.29 is 14.0 Å². The molecule has 0 aromatic rings. The topological polar surface area (TPSA) is 46.2 Å². The Kier molecular flexibility index (Phi) is 6.89. The fraction of sp³-hybridized carbons (Fsp3) is 0.750. The number of Topliss-reactive ketones (excluding diaryl/α,β-unsaturated/α-hetero) is 1. The van der Waals surface area contributed by atoms with Crippen molar-refractivity contribution in [3.63, 3.8) is 0 Å². The highest BCUT2D eigenvalue weighted by atomic mass is 19.1. The molecule has 3 nitrogen and oxygen atoms in total. The molecule has 0 aliphatic heterocycles. The molecule has 0 bridgehead atoms. The third-order valence-corrected chi connectivity index (χ3v) is 3.94. The van der Waals surface area contributed by atoms with Gasteiger partial charge in [-0.05, 0) is 18.8 Å². The van der Waals surface area contributed by atoms with Gasteiger partial charge in [-0.25, -0.2) is 4.39 Å². The van der Waals surface area contributed by atoms with E-state index in [1.54, 1.807) is 0 Å². The van der Waals surface area contributed by atoms with E-state index in [4.69, 9.17) is 0 Å². The third kappa shape index (κ3) is 5.43. The number of halogens is 1. The average Bonchev–Trinajstić information content (AvgIpc) is 2.42. The highest BCUT2D eigenvalue weighted by Crippen LogP contribution is 2.28. The molecule has 1 fully saturated rings. The van der Waals surface area contributed by atoms with Crippen LogP contribution in [-0.4, -0.2) is 17.7 Å². The van der Waals surface area contributed by atoms with Crippen LogP contribution in [-0.2, 0) is 9.59 Å². The second kappa shape index (κ2) is 8.18. The summed E-state index contributed by atoms with van der Waals surface area (Å²) < 4.78 is 12.6. The number of allylic oxidation sites excluding steroid dienone is 1. The Morgan fingerprint density at radius 3 is 2.30 bits per heavy atom. The summed E-state index contributed by atoms with van der Waals surface area (Å²) in [7, 11) is 0. The standard InChI is InChI=1S/C16H26FNO2/c1-11(2)16(20)15(13-7-5-4-6-8-13)18-14(19)10-9-12(3)17/h11,13,15H,3-10H2,1-2H3,(H,18,19). The van der Waals surface area contributed by atoms with Crippen molar-refractivity contribution in [2.45, 2.75) is 64.8 Å². The maximum atomic E-state index is 12.6. The molecule has 1 aliphatic rings. The summed E-state index contributed by atoms with van der Waals surface area (Å²) in [5, 5.41) is 2.83. The highest BCUT2D eigenvalue weighted by molar-refractivity contribution is 5.90. The van der Waals surface area contributed by atoms with E-state index in [1.807, 2.05) is 13.8 Å². The summed E-state index contributed by atoms with van der Waals surface area (Å²) in [6.45, 7) is 6.86. The van der Waals surface area contributed by atoms with Crippen LogP contribution in [0.1, 0.15) is 58.8 Å². The molecule has 0 radical (unpaired) electrons. The van der Waals surface area contributed by atoms with Crippen molar-refractivity contribution in [3.8, 4) is 0 Å². The molecule has 0 heterocycles. The summed E-state index contributed by atoms with van der Waals surface area (Å²) >= 11 is 0. The fourth-order valence-corrected chi connectivity index (χ4v) is 2.74. The Bertz CT molecular complexity index is 359. The van der Waals surface area contributed by atoms with Crippen molar-refractivity contribution >= 4 is 11.7 Å². The summed E-state index contributed by atoms with van der Waals surface area (Å²) in [4.78, 5) is 24.2. The molecular weight excluding hydrogens is 257 g/mol. The lowest BCUT2D eigenvalue weighted by Crippen LogP contribution is -2.48. The summed E-state index contributed by atoms with van der Waals surface area (Å²) in [6.07, 6.45) is 5.49. The number of hydrogen-bond donors (Lipinski definition) is 1. The maximum Gasteiger partial charge on any atom is 0.221 e. The maximum absolute atomic E-state index is 12.6. The van der Waals surface area contributed by atoms with Gasteiger partial charge >= 0.3 is 0 Å². The van der Waals surface area contributed by atoms with E-state index in [9.17, 15) is 14.0 Å². The van der Waals surface area contributed by atoms with Crippen LogP contribution in [0.4, 0.5) is 4.39 Å². The Balaban J connectivity index is 2.64. The van der Waals surface area contributed by atoms with Crippen LogP contribution in [0.25, 0.3) is 0 Å². The minimum Gasteiger partial charge on any atom is -0.346 e. The number of rotatable bonds is 7. The van der Waals surface area contributed by atoms with E-state index in [2.05, 4.69) is 11.9 Å². The zero-order valence-electron chi connectivity index (χ0n) is 12.6. The molecule has 1 atom stereocenters. The summed E-state index contributed by atoms with van der Waals surface area (Å²) in [5.41, 5.74) is 0. The number of amides is 1. The van der Waals surface area contributed by atoms with Crippen LogP contribution >= 0.6 is 0 Å². The van der Waals surface area contributed by atoms with Gasteiger partial charge in [0.05, 0.1) is 11.9 Å². The smallest absolute Gasteiger partial charge is 0.221 e. The first-order valence-electron chi connectivity index (χ1n) is 7.58. The second-order valence-electron chi connectivity index (χ2n) is 6.02. The van der Waals surface area contributed by atoms with Gasteiger partial charge < -0.3 is 5.32 Å². The Morgan fingerprint density at radius 1 is 1.20 bits per heavy atom. The van der Waals surface area contributed by atoms with Gasteiger partial charge in [-0.1, -0.05) is 39.7 Å². The minimum atomic E-state index is -0.496. The van der Waals surface area contributed by atoms with Crippen LogP contribution in [0, 0.1) is 11.8 Å². The van der Waals surface area contributed by atoms with Crippen molar-refractivity contribution in [3.05, 3.63) is 12.4 Å². The predicted molar refractivity (Wildman–Crippen MR) is 77.8 cm³/mol. The Hall–Kier alpha value is -1.19. The van der Waals surface area contributed by atoms with Gasteiger partial charge in [0.25, 0.3) is 0 Å². The first-order chi connectivity index (χ1) is 9.41. The molecule has 0 spiro atoms. The van der Waals surface area contributed by atoms with Gasteiger partial charge in [-0.15, -0.1) is 0 Å². The highest BCUT2D eigenvalue weighted by Gasteiger charge is 2.31. The lowest BCUT2D eigenvalue weighted by atomic mass is 9.80. The van der Waals surface area contributed by atoms with Crippen LogP contribution in [0.2, 0.25) is 0 Å². The van der Waals surface area contributed by atoms with E-state index >= 15 is 0 Å². The molecule has 4 heteroatoms. The molecule has 0 aromatic heterocycles. The Labute approximate surface area is 121 Å². The van der Waals surface area contributed by atoms with E-state index in [1.165, 1.54) is 6.42 Å². The Morgan fingerprint density at radius 2 is 1.80 bits per heavy atom. The molecule has 1 amide bonds. The largest absolute Gasteiger partial charge is 0.346 e. The van der Waals surface area contributed by atoms with Gasteiger partial charge in [0.2, 0.25) is 5.91 Å². The van der Waals surface area contributed by atoms with E-state index < -0.39 is 11.9 Å². The predicted octanol–water partition coefficient (Wildman–Crippen LogP) is 3.54. The second-order valence-corrected chi connectivity index (χ2v) is 6.02. The SMILES string of the molecule is C=C(F)CCC(=O)NC(C(=O)C(C)C)C1CCCCC1. The van der Waals surface area contributed by atoms with Gasteiger partial charge in [-0.2, -0.15) is 0 Å². The lowest BCUT2D eigenvalue weighted by molar-refractivity contribution is -0.131. The fourth-order valence-electron chi connectivity index (χ4n) is 2.74. The van der Waals surface area contributed by atoms with Crippen LogP contribution < -0.4 is 5.32 Å². The lowest BCUT2D eigenvalue weighted by Gasteiger charge is -2.31. The van der Waals surface area contributed by atoms with Gasteiger partial charge in [0.15, 0.2) is 5.78 Å². The molecule has 0 aromatic carbocycles. The zero-order chi connectivity index (χ0) is 15.1. The van der Waals surface area contributed by atoms with Crippen molar-refractivity contribution in [2.75, 3.05) is 0 Å².